The van der Waals surface area contributed by atoms with Gasteiger partial charge in [-0.3, -0.25) is 15.1 Å². The van der Waals surface area contributed by atoms with Gasteiger partial charge in [-0.2, -0.15) is 4.72 Å². The number of sulfonamides is 1. The van der Waals surface area contributed by atoms with E-state index >= 15 is 0 Å². The summed E-state index contributed by atoms with van der Waals surface area (Å²) in [4.78, 5) is 17.3. The van der Waals surface area contributed by atoms with Crippen molar-refractivity contribution in [2.24, 2.45) is 0 Å². The van der Waals surface area contributed by atoms with Crippen molar-refractivity contribution < 1.29 is 32.3 Å². The molecule has 10 nitrogen and oxygen atoms in total. The third-order valence-electron chi connectivity index (χ3n) is 5.19. The highest BCUT2D eigenvalue weighted by molar-refractivity contribution is 7.89. The van der Waals surface area contributed by atoms with Gasteiger partial charge in [0.15, 0.2) is 12.5 Å². The molecule has 1 heterocycles. The van der Waals surface area contributed by atoms with E-state index in [2.05, 4.69) is 15.7 Å². The lowest BCUT2D eigenvalue weighted by atomic mass is 10.1. The van der Waals surface area contributed by atoms with Crippen molar-refractivity contribution in [2.75, 3.05) is 25.2 Å². The number of aryl methyl sites for hydroxylation is 1. The minimum Gasteiger partial charge on any atom is -0.466 e. The summed E-state index contributed by atoms with van der Waals surface area (Å²) < 4.78 is 44.4. The molecule has 1 fully saturated rings. The van der Waals surface area contributed by atoms with Gasteiger partial charge in [-0.25, -0.2) is 8.42 Å². The molecule has 192 valence electrons. The quantitative estimate of drug-likeness (QED) is 0.213. The molecule has 2 aromatic carbocycles. The summed E-state index contributed by atoms with van der Waals surface area (Å²) in [6.45, 7) is 4.52. The third-order valence-corrected chi connectivity index (χ3v) is 6.66. The van der Waals surface area contributed by atoms with Crippen molar-refractivity contribution in [3.8, 4) is 0 Å². The molecule has 0 aromatic heterocycles. The zero-order valence-electron chi connectivity index (χ0n) is 20.0. The Morgan fingerprint density at radius 2 is 1.86 bits per heavy atom. The maximum Gasteiger partial charge on any atom is 0.310 e. The summed E-state index contributed by atoms with van der Waals surface area (Å²) in [6, 6.07) is 13.6. The topological polar surface area (TPSA) is 124 Å². The van der Waals surface area contributed by atoms with Crippen molar-refractivity contribution in [1.82, 2.24) is 10.3 Å². The summed E-state index contributed by atoms with van der Waals surface area (Å²) in [6.07, 6.45) is 1.44. The fraction of sp³-hybridized carbons (Fsp3) is 0.458. The van der Waals surface area contributed by atoms with Crippen LogP contribution in [0.1, 0.15) is 37.3 Å². The average Bonchev–Trinajstić information content (AvgIpc) is 2.84. The van der Waals surface area contributed by atoms with Gasteiger partial charge >= 0.3 is 5.97 Å². The Morgan fingerprint density at radius 3 is 2.51 bits per heavy atom. The van der Waals surface area contributed by atoms with Gasteiger partial charge in [-0.1, -0.05) is 29.8 Å². The monoisotopic (exact) mass is 507 g/mol. The van der Waals surface area contributed by atoms with Crippen molar-refractivity contribution in [1.29, 1.82) is 0 Å². The lowest BCUT2D eigenvalue weighted by molar-refractivity contribution is -0.186. The molecule has 35 heavy (non-hydrogen) atoms. The number of benzene rings is 2. The van der Waals surface area contributed by atoms with Crippen LogP contribution in [0.5, 0.6) is 0 Å². The van der Waals surface area contributed by atoms with E-state index in [1.807, 2.05) is 6.92 Å². The van der Waals surface area contributed by atoms with E-state index < -0.39 is 22.5 Å². The molecule has 0 spiro atoms. The number of hydrogen-bond acceptors (Lipinski definition) is 9. The molecule has 0 bridgehead atoms. The number of nitrogens with one attached hydrogen (secondary N) is 3. The van der Waals surface area contributed by atoms with Crippen molar-refractivity contribution in [2.45, 2.75) is 56.9 Å². The Morgan fingerprint density at radius 1 is 1.11 bits per heavy atom. The first-order valence-electron chi connectivity index (χ1n) is 11.6. The molecule has 3 N–H and O–H groups in total. The van der Waals surface area contributed by atoms with E-state index in [9.17, 15) is 13.2 Å². The van der Waals surface area contributed by atoms with Crippen molar-refractivity contribution >= 4 is 21.7 Å². The number of ether oxygens (including phenoxy) is 3. The second-order valence-corrected chi connectivity index (χ2v) is 9.79. The highest BCUT2D eigenvalue weighted by atomic mass is 32.2. The maximum atomic E-state index is 12.8. The van der Waals surface area contributed by atoms with Gasteiger partial charge in [0.1, 0.15) is 0 Å². The molecule has 0 amide bonds. The van der Waals surface area contributed by atoms with Crippen LogP contribution >= 0.6 is 0 Å². The largest absolute Gasteiger partial charge is 0.466 e. The molecule has 2 unspecified atom stereocenters. The zero-order valence-corrected chi connectivity index (χ0v) is 20.8. The van der Waals surface area contributed by atoms with Crippen molar-refractivity contribution in [3.63, 3.8) is 0 Å². The van der Waals surface area contributed by atoms with Crippen LogP contribution in [0.4, 0.5) is 5.69 Å². The van der Waals surface area contributed by atoms with E-state index in [4.69, 9.17) is 19.0 Å². The zero-order chi connectivity index (χ0) is 25.1. The lowest BCUT2D eigenvalue weighted by Crippen LogP contribution is -2.45. The molecule has 1 saturated heterocycles. The van der Waals surface area contributed by atoms with Crippen LogP contribution in [-0.2, 0) is 40.3 Å². The van der Waals surface area contributed by atoms with E-state index in [-0.39, 0.29) is 23.9 Å². The second kappa shape index (κ2) is 13.5. The Labute approximate surface area is 206 Å². The van der Waals surface area contributed by atoms with E-state index in [0.717, 1.165) is 30.4 Å². The first kappa shape index (κ1) is 27.1. The van der Waals surface area contributed by atoms with Gasteiger partial charge in [0, 0.05) is 6.61 Å². The Bertz CT molecular complexity index is 1020. The van der Waals surface area contributed by atoms with Crippen LogP contribution in [0, 0.1) is 6.92 Å². The summed E-state index contributed by atoms with van der Waals surface area (Å²) in [5.41, 5.74) is 7.81. The molecule has 0 radical (unpaired) electrons. The minimum absolute atomic E-state index is 0.0666. The number of hydrazine groups is 1. The van der Waals surface area contributed by atoms with Gasteiger partial charge in [-0.15, -0.1) is 5.59 Å². The highest BCUT2D eigenvalue weighted by Crippen LogP contribution is 2.15. The summed E-state index contributed by atoms with van der Waals surface area (Å²) in [5, 5.41) is 0. The number of carbonyl (C=O) groups is 1. The van der Waals surface area contributed by atoms with Crippen LogP contribution in [-0.4, -0.2) is 46.7 Å². The second-order valence-electron chi connectivity index (χ2n) is 8.08. The molecular formula is C24H33N3O7S. The molecule has 1 aliphatic rings. The van der Waals surface area contributed by atoms with Crippen LogP contribution < -0.4 is 15.7 Å². The number of hydrogen-bond donors (Lipinski definition) is 3. The van der Waals surface area contributed by atoms with E-state index in [1.54, 1.807) is 43.3 Å². The van der Waals surface area contributed by atoms with E-state index in [0.29, 0.717) is 18.9 Å². The van der Waals surface area contributed by atoms with Crippen LogP contribution in [0.25, 0.3) is 0 Å². The molecule has 0 aliphatic carbocycles. The molecular weight excluding hydrogens is 474 g/mol. The first-order chi connectivity index (χ1) is 16.9. The van der Waals surface area contributed by atoms with Crippen LogP contribution in [0.15, 0.2) is 53.4 Å². The maximum absolute atomic E-state index is 12.8. The van der Waals surface area contributed by atoms with Crippen LogP contribution in [0.3, 0.4) is 0 Å². The van der Waals surface area contributed by atoms with Gasteiger partial charge in [0.2, 0.25) is 10.0 Å². The number of rotatable bonds is 13. The Balaban J connectivity index is 1.57. The lowest BCUT2D eigenvalue weighted by Gasteiger charge is -2.26. The summed E-state index contributed by atoms with van der Waals surface area (Å²) >= 11 is 0. The predicted molar refractivity (Wildman–Crippen MR) is 129 cm³/mol. The minimum atomic E-state index is -3.85. The molecule has 0 saturated carbocycles. The summed E-state index contributed by atoms with van der Waals surface area (Å²) in [7, 11) is -3.85. The van der Waals surface area contributed by atoms with Crippen LogP contribution in [0.2, 0.25) is 0 Å². The average molecular weight is 508 g/mol. The molecule has 2 aromatic rings. The number of anilines is 1. The fourth-order valence-electron chi connectivity index (χ4n) is 3.33. The Kier molecular flexibility index (Phi) is 10.5. The molecule has 3 rings (SSSR count). The SMILES string of the molecule is CCOC(=O)Cc1ccc(NNOC(COC2CCCCO2)NS(=O)(=O)c2ccc(C)cc2)cc1. The van der Waals surface area contributed by atoms with Crippen molar-refractivity contribution in [3.05, 3.63) is 59.7 Å². The number of esters is 1. The fourth-order valence-corrected chi connectivity index (χ4v) is 4.42. The third kappa shape index (κ3) is 9.21. The normalized spacial score (nSPS) is 17.0. The van der Waals surface area contributed by atoms with Gasteiger partial charge in [0.05, 0.1) is 30.2 Å². The van der Waals surface area contributed by atoms with Gasteiger partial charge < -0.3 is 14.2 Å². The Hall–Kier alpha value is -2.54. The van der Waals surface area contributed by atoms with E-state index in [1.165, 1.54) is 12.1 Å². The molecule has 2 atom stereocenters. The molecule has 11 heteroatoms. The highest BCUT2D eigenvalue weighted by Gasteiger charge is 2.23. The summed E-state index contributed by atoms with van der Waals surface area (Å²) in [5.74, 6) is -0.291. The smallest absolute Gasteiger partial charge is 0.310 e. The standard InChI is InChI=1S/C24H33N3O7S/c1-3-31-23(28)16-19-9-11-20(12-10-19)25-27-34-22(17-33-24-6-4-5-15-32-24)26-35(29,30)21-13-7-18(2)8-14-21/h7-14,22,24-27H,3-6,15-17H2,1-2H3. The van der Waals surface area contributed by atoms with Gasteiger partial charge in [-0.05, 0) is 62.9 Å². The van der Waals surface area contributed by atoms with Gasteiger partial charge in [0.25, 0.3) is 0 Å². The predicted octanol–water partition coefficient (Wildman–Crippen LogP) is 2.80. The first-order valence-corrected chi connectivity index (χ1v) is 13.1. The molecule has 1 aliphatic heterocycles. The number of carbonyl (C=O) groups excluding carboxylic acids is 1.